The number of amides is 1. The van der Waals surface area contributed by atoms with E-state index in [-0.39, 0.29) is 12.3 Å². The quantitative estimate of drug-likeness (QED) is 0.675. The van der Waals surface area contributed by atoms with Crippen molar-refractivity contribution in [1.29, 1.82) is 0 Å². The molecule has 0 saturated carbocycles. The molecule has 0 radical (unpaired) electrons. The number of methoxy groups -OCH3 is 1. The molecule has 0 aromatic heterocycles. The summed E-state index contributed by atoms with van der Waals surface area (Å²) in [5.41, 5.74) is 0. The number of carbonyl (C=O) groups is 1. The first-order valence-corrected chi connectivity index (χ1v) is 4.48. The highest BCUT2D eigenvalue weighted by atomic mass is 16.6. The van der Waals surface area contributed by atoms with Gasteiger partial charge in [-0.2, -0.15) is 0 Å². The number of hydrogen-bond acceptors (Lipinski definition) is 3. The fourth-order valence-electron chi connectivity index (χ4n) is 1.22. The van der Waals surface area contributed by atoms with Gasteiger partial charge in [-0.1, -0.05) is 13.3 Å². The highest BCUT2D eigenvalue weighted by molar-refractivity contribution is 5.69. The third kappa shape index (κ3) is 2.37. The Balaban J connectivity index is 2.42. The van der Waals surface area contributed by atoms with Crippen LogP contribution in [-0.4, -0.2) is 24.3 Å². The van der Waals surface area contributed by atoms with Gasteiger partial charge >= 0.3 is 6.09 Å². The van der Waals surface area contributed by atoms with E-state index in [0.29, 0.717) is 0 Å². The SMILES string of the molecule is CCCCC1OC=CN1C(=O)OC. The topological polar surface area (TPSA) is 38.8 Å². The fraction of sp³-hybridized carbons (Fsp3) is 0.667. The molecule has 0 aromatic rings. The minimum absolute atomic E-state index is 0.174. The van der Waals surface area contributed by atoms with Crippen LogP contribution in [0.2, 0.25) is 0 Å². The molecule has 0 saturated heterocycles. The molecule has 1 atom stereocenters. The highest BCUT2D eigenvalue weighted by Gasteiger charge is 2.26. The van der Waals surface area contributed by atoms with Crippen molar-refractivity contribution in [2.24, 2.45) is 0 Å². The van der Waals surface area contributed by atoms with Gasteiger partial charge in [-0.15, -0.1) is 0 Å². The number of rotatable bonds is 3. The van der Waals surface area contributed by atoms with E-state index in [0.717, 1.165) is 19.3 Å². The zero-order chi connectivity index (χ0) is 9.68. The van der Waals surface area contributed by atoms with E-state index in [1.54, 1.807) is 6.20 Å². The largest absolute Gasteiger partial charge is 0.476 e. The molecule has 74 valence electrons. The van der Waals surface area contributed by atoms with Crippen LogP contribution in [0.5, 0.6) is 0 Å². The fourth-order valence-corrected chi connectivity index (χ4v) is 1.22. The lowest BCUT2D eigenvalue weighted by Gasteiger charge is -2.20. The maximum atomic E-state index is 11.2. The standard InChI is InChI=1S/C9H15NO3/c1-3-4-5-8-10(6-7-13-8)9(11)12-2/h6-8H,3-5H2,1-2H3. The summed E-state index contributed by atoms with van der Waals surface area (Å²) in [6.45, 7) is 2.10. The zero-order valence-corrected chi connectivity index (χ0v) is 8.03. The number of unbranched alkanes of at least 4 members (excludes halogenated alkanes) is 1. The smallest absolute Gasteiger partial charge is 0.416 e. The summed E-state index contributed by atoms with van der Waals surface area (Å²) in [5.74, 6) is 0. The molecule has 0 aliphatic carbocycles. The maximum Gasteiger partial charge on any atom is 0.416 e. The minimum atomic E-state index is -0.366. The van der Waals surface area contributed by atoms with Crippen LogP contribution in [-0.2, 0) is 9.47 Å². The van der Waals surface area contributed by atoms with E-state index in [4.69, 9.17) is 4.74 Å². The van der Waals surface area contributed by atoms with Crippen molar-refractivity contribution in [3.63, 3.8) is 0 Å². The van der Waals surface area contributed by atoms with Crippen molar-refractivity contribution in [2.75, 3.05) is 7.11 Å². The lowest BCUT2D eigenvalue weighted by Crippen LogP contribution is -2.33. The van der Waals surface area contributed by atoms with Crippen LogP contribution < -0.4 is 0 Å². The van der Waals surface area contributed by atoms with E-state index < -0.39 is 0 Å². The first-order chi connectivity index (χ1) is 6.29. The number of nitrogens with zero attached hydrogens (tertiary/aromatic N) is 1. The molecular formula is C9H15NO3. The molecule has 0 fully saturated rings. The molecule has 0 spiro atoms. The molecule has 0 N–H and O–H groups in total. The van der Waals surface area contributed by atoms with E-state index in [2.05, 4.69) is 11.7 Å². The minimum Gasteiger partial charge on any atom is -0.476 e. The van der Waals surface area contributed by atoms with Gasteiger partial charge in [0.1, 0.15) is 6.26 Å². The highest BCUT2D eigenvalue weighted by Crippen LogP contribution is 2.17. The average molecular weight is 185 g/mol. The second-order valence-electron chi connectivity index (χ2n) is 2.90. The van der Waals surface area contributed by atoms with Crippen LogP contribution in [0.4, 0.5) is 4.79 Å². The maximum absolute atomic E-state index is 11.2. The Morgan fingerprint density at radius 1 is 1.69 bits per heavy atom. The Labute approximate surface area is 78.1 Å². The van der Waals surface area contributed by atoms with Crippen molar-refractivity contribution in [2.45, 2.75) is 32.4 Å². The number of ether oxygens (including phenoxy) is 2. The summed E-state index contributed by atoms with van der Waals surface area (Å²) in [5, 5.41) is 0. The number of carbonyl (C=O) groups excluding carboxylic acids is 1. The molecule has 1 rings (SSSR count). The lowest BCUT2D eigenvalue weighted by atomic mass is 10.2. The van der Waals surface area contributed by atoms with Gasteiger partial charge in [-0.3, -0.25) is 0 Å². The molecule has 1 amide bonds. The second-order valence-corrected chi connectivity index (χ2v) is 2.90. The Hall–Kier alpha value is -1.19. The molecule has 0 aromatic carbocycles. The van der Waals surface area contributed by atoms with Gasteiger partial charge in [0.2, 0.25) is 0 Å². The molecule has 1 aliphatic heterocycles. The van der Waals surface area contributed by atoms with Crippen molar-refractivity contribution in [1.82, 2.24) is 4.90 Å². The second kappa shape index (κ2) is 4.74. The Morgan fingerprint density at radius 2 is 2.46 bits per heavy atom. The monoisotopic (exact) mass is 185 g/mol. The van der Waals surface area contributed by atoms with Crippen molar-refractivity contribution in [3.8, 4) is 0 Å². The molecule has 4 nitrogen and oxygen atoms in total. The van der Waals surface area contributed by atoms with Gasteiger partial charge in [0, 0.05) is 12.6 Å². The van der Waals surface area contributed by atoms with Gasteiger partial charge in [0.15, 0.2) is 6.23 Å². The van der Waals surface area contributed by atoms with E-state index in [1.165, 1.54) is 18.3 Å². The summed E-state index contributed by atoms with van der Waals surface area (Å²) >= 11 is 0. The van der Waals surface area contributed by atoms with Crippen LogP contribution in [0.25, 0.3) is 0 Å². The molecular weight excluding hydrogens is 170 g/mol. The molecule has 1 unspecified atom stereocenters. The summed E-state index contributed by atoms with van der Waals surface area (Å²) in [6, 6.07) is 0. The van der Waals surface area contributed by atoms with Crippen LogP contribution in [0.1, 0.15) is 26.2 Å². The van der Waals surface area contributed by atoms with E-state index in [1.807, 2.05) is 0 Å². The zero-order valence-electron chi connectivity index (χ0n) is 8.03. The molecule has 4 heteroatoms. The average Bonchev–Trinajstić information content (AvgIpc) is 2.61. The van der Waals surface area contributed by atoms with Gasteiger partial charge < -0.3 is 9.47 Å². The molecule has 1 aliphatic rings. The molecule has 0 bridgehead atoms. The van der Waals surface area contributed by atoms with Crippen molar-refractivity contribution >= 4 is 6.09 Å². The van der Waals surface area contributed by atoms with Crippen LogP contribution in [0.15, 0.2) is 12.5 Å². The van der Waals surface area contributed by atoms with Gasteiger partial charge in [0.25, 0.3) is 0 Å². The van der Waals surface area contributed by atoms with Crippen LogP contribution in [0.3, 0.4) is 0 Å². The number of hydrogen-bond donors (Lipinski definition) is 0. The van der Waals surface area contributed by atoms with Crippen LogP contribution >= 0.6 is 0 Å². The predicted molar refractivity (Wildman–Crippen MR) is 47.8 cm³/mol. The van der Waals surface area contributed by atoms with E-state index >= 15 is 0 Å². The molecule has 1 heterocycles. The Bertz CT molecular complexity index is 203. The predicted octanol–water partition coefficient (Wildman–Crippen LogP) is 2.07. The van der Waals surface area contributed by atoms with E-state index in [9.17, 15) is 4.79 Å². The normalized spacial score (nSPS) is 20.2. The Morgan fingerprint density at radius 3 is 3.08 bits per heavy atom. The van der Waals surface area contributed by atoms with Gasteiger partial charge in [0.05, 0.1) is 7.11 Å². The van der Waals surface area contributed by atoms with Gasteiger partial charge in [-0.25, -0.2) is 9.69 Å². The van der Waals surface area contributed by atoms with Gasteiger partial charge in [-0.05, 0) is 6.42 Å². The lowest BCUT2D eigenvalue weighted by molar-refractivity contribution is 0.0415. The first-order valence-electron chi connectivity index (χ1n) is 4.48. The molecule has 13 heavy (non-hydrogen) atoms. The summed E-state index contributed by atoms with van der Waals surface area (Å²) in [4.78, 5) is 12.6. The van der Waals surface area contributed by atoms with Crippen molar-refractivity contribution < 1.29 is 14.3 Å². The van der Waals surface area contributed by atoms with Crippen molar-refractivity contribution in [3.05, 3.63) is 12.5 Å². The summed E-state index contributed by atoms with van der Waals surface area (Å²) < 4.78 is 9.84. The summed E-state index contributed by atoms with van der Waals surface area (Å²) in [7, 11) is 1.37. The third-order valence-corrected chi connectivity index (χ3v) is 1.96. The third-order valence-electron chi connectivity index (χ3n) is 1.96. The summed E-state index contributed by atoms with van der Waals surface area (Å²) in [6.07, 6.45) is 5.57. The first kappa shape index (κ1) is 9.89. The van der Waals surface area contributed by atoms with Crippen LogP contribution in [0, 0.1) is 0 Å². The Kier molecular flexibility index (Phi) is 3.61.